The lowest BCUT2D eigenvalue weighted by Gasteiger charge is -2.04. The third kappa shape index (κ3) is 2.86. The van der Waals surface area contributed by atoms with Gasteiger partial charge in [-0.15, -0.1) is 0 Å². The highest BCUT2D eigenvalue weighted by atomic mass is 16.5. The fourth-order valence-electron chi connectivity index (χ4n) is 2.04. The molecule has 0 bridgehead atoms. The summed E-state index contributed by atoms with van der Waals surface area (Å²) in [6.07, 6.45) is 3.38. The van der Waals surface area contributed by atoms with Crippen LogP contribution in [0.25, 0.3) is 10.9 Å². The average Bonchev–Trinajstić information content (AvgIpc) is 2.94. The van der Waals surface area contributed by atoms with Crippen LogP contribution in [-0.4, -0.2) is 28.1 Å². The minimum Gasteiger partial charge on any atom is -0.507 e. The molecule has 5 nitrogen and oxygen atoms in total. The standard InChI is InChI=1S/C16H15N3O2/c1-2-21-14-5-3-11(16(20)8-14)9-17-13-4-6-15-12(7-13)10-18-19-15/h3-10,20H,2H2,1H3,(H,18,19). The molecule has 106 valence electrons. The van der Waals surface area contributed by atoms with Crippen LogP contribution in [0.4, 0.5) is 5.69 Å². The number of rotatable bonds is 4. The van der Waals surface area contributed by atoms with Gasteiger partial charge in [0.1, 0.15) is 11.5 Å². The highest BCUT2D eigenvalue weighted by molar-refractivity contribution is 5.87. The number of phenolic OH excluding ortho intramolecular Hbond substituents is 1. The van der Waals surface area contributed by atoms with E-state index >= 15 is 0 Å². The van der Waals surface area contributed by atoms with E-state index in [2.05, 4.69) is 15.2 Å². The molecule has 0 fully saturated rings. The molecule has 2 aromatic carbocycles. The Labute approximate surface area is 121 Å². The van der Waals surface area contributed by atoms with Gasteiger partial charge in [-0.25, -0.2) is 0 Å². The normalized spacial score (nSPS) is 11.3. The lowest BCUT2D eigenvalue weighted by Crippen LogP contribution is -1.92. The van der Waals surface area contributed by atoms with Crippen molar-refractivity contribution < 1.29 is 9.84 Å². The first-order valence-electron chi connectivity index (χ1n) is 6.69. The van der Waals surface area contributed by atoms with E-state index in [9.17, 15) is 5.11 Å². The average molecular weight is 281 g/mol. The van der Waals surface area contributed by atoms with Gasteiger partial charge in [0.25, 0.3) is 0 Å². The molecule has 0 atom stereocenters. The van der Waals surface area contributed by atoms with Gasteiger partial charge >= 0.3 is 0 Å². The smallest absolute Gasteiger partial charge is 0.128 e. The number of hydrogen-bond donors (Lipinski definition) is 2. The summed E-state index contributed by atoms with van der Waals surface area (Å²) in [5, 5.41) is 17.8. The van der Waals surface area contributed by atoms with Crippen molar-refractivity contribution in [2.24, 2.45) is 4.99 Å². The number of phenols is 1. The molecule has 21 heavy (non-hydrogen) atoms. The first-order valence-corrected chi connectivity index (χ1v) is 6.69. The minimum absolute atomic E-state index is 0.147. The van der Waals surface area contributed by atoms with Gasteiger partial charge in [0, 0.05) is 23.2 Å². The van der Waals surface area contributed by atoms with Gasteiger partial charge in [-0.2, -0.15) is 5.10 Å². The monoisotopic (exact) mass is 281 g/mol. The number of nitrogens with one attached hydrogen (secondary N) is 1. The number of aromatic nitrogens is 2. The lowest BCUT2D eigenvalue weighted by atomic mass is 10.2. The van der Waals surface area contributed by atoms with E-state index in [1.165, 1.54) is 0 Å². The van der Waals surface area contributed by atoms with Crippen molar-refractivity contribution in [2.45, 2.75) is 6.92 Å². The summed E-state index contributed by atoms with van der Waals surface area (Å²) in [4.78, 5) is 4.38. The predicted octanol–water partition coefficient (Wildman–Crippen LogP) is 3.42. The van der Waals surface area contributed by atoms with Crippen LogP contribution in [0.15, 0.2) is 47.6 Å². The maximum Gasteiger partial charge on any atom is 0.128 e. The molecule has 3 aromatic rings. The second kappa shape index (κ2) is 5.66. The van der Waals surface area contributed by atoms with E-state index in [0.29, 0.717) is 17.9 Å². The molecule has 0 unspecified atom stereocenters. The van der Waals surface area contributed by atoms with Crippen molar-refractivity contribution >= 4 is 22.8 Å². The van der Waals surface area contributed by atoms with Crippen molar-refractivity contribution in [3.8, 4) is 11.5 Å². The Morgan fingerprint density at radius 2 is 2.19 bits per heavy atom. The first-order chi connectivity index (χ1) is 10.3. The maximum absolute atomic E-state index is 9.95. The third-order valence-electron chi connectivity index (χ3n) is 3.09. The largest absolute Gasteiger partial charge is 0.507 e. The van der Waals surface area contributed by atoms with Crippen molar-refractivity contribution in [3.63, 3.8) is 0 Å². The molecule has 2 N–H and O–H groups in total. The van der Waals surface area contributed by atoms with Crippen LogP contribution in [0.1, 0.15) is 12.5 Å². The molecule has 0 aliphatic carbocycles. The summed E-state index contributed by atoms with van der Waals surface area (Å²) >= 11 is 0. The molecule has 3 rings (SSSR count). The van der Waals surface area contributed by atoms with Gasteiger partial charge in [0.05, 0.1) is 24.0 Å². The molecule has 0 aliphatic heterocycles. The molecular formula is C16H15N3O2. The van der Waals surface area contributed by atoms with E-state index < -0.39 is 0 Å². The van der Waals surface area contributed by atoms with E-state index in [4.69, 9.17) is 4.74 Å². The summed E-state index contributed by atoms with van der Waals surface area (Å²) in [6.45, 7) is 2.47. The van der Waals surface area contributed by atoms with Crippen LogP contribution in [0, 0.1) is 0 Å². The fraction of sp³-hybridized carbons (Fsp3) is 0.125. The molecule has 0 amide bonds. The quantitative estimate of drug-likeness (QED) is 0.720. The third-order valence-corrected chi connectivity index (χ3v) is 3.09. The number of H-pyrrole nitrogens is 1. The molecule has 0 aliphatic rings. The first kappa shape index (κ1) is 13.2. The highest BCUT2D eigenvalue weighted by Gasteiger charge is 2.01. The fourth-order valence-corrected chi connectivity index (χ4v) is 2.04. The molecule has 0 spiro atoms. The SMILES string of the molecule is CCOc1ccc(C=Nc2ccc3[nH]ncc3c2)c(O)c1. The van der Waals surface area contributed by atoms with Gasteiger partial charge < -0.3 is 9.84 Å². The van der Waals surface area contributed by atoms with Crippen LogP contribution in [0.5, 0.6) is 11.5 Å². The second-order valence-electron chi connectivity index (χ2n) is 4.55. The Morgan fingerprint density at radius 1 is 1.29 bits per heavy atom. The molecule has 5 heteroatoms. The van der Waals surface area contributed by atoms with Gasteiger partial charge in [0.2, 0.25) is 0 Å². The number of fused-ring (bicyclic) bond motifs is 1. The van der Waals surface area contributed by atoms with Crippen LogP contribution in [0.2, 0.25) is 0 Å². The highest BCUT2D eigenvalue weighted by Crippen LogP contribution is 2.24. The summed E-state index contributed by atoms with van der Waals surface area (Å²) in [6, 6.07) is 10.9. The summed E-state index contributed by atoms with van der Waals surface area (Å²) in [7, 11) is 0. The van der Waals surface area contributed by atoms with Crippen LogP contribution < -0.4 is 4.74 Å². The van der Waals surface area contributed by atoms with Crippen molar-refractivity contribution in [1.82, 2.24) is 10.2 Å². The van der Waals surface area contributed by atoms with Crippen molar-refractivity contribution in [1.29, 1.82) is 0 Å². The number of nitrogens with zero attached hydrogens (tertiary/aromatic N) is 2. The zero-order chi connectivity index (χ0) is 14.7. The Hall–Kier alpha value is -2.82. The van der Waals surface area contributed by atoms with Crippen molar-refractivity contribution in [2.75, 3.05) is 6.61 Å². The van der Waals surface area contributed by atoms with Crippen LogP contribution in [0.3, 0.4) is 0 Å². The van der Waals surface area contributed by atoms with Crippen LogP contribution in [-0.2, 0) is 0 Å². The van der Waals surface area contributed by atoms with E-state index in [1.807, 2.05) is 31.2 Å². The van der Waals surface area contributed by atoms with Crippen LogP contribution >= 0.6 is 0 Å². The number of benzene rings is 2. The zero-order valence-corrected chi connectivity index (χ0v) is 11.6. The van der Waals surface area contributed by atoms with E-state index in [-0.39, 0.29) is 5.75 Å². The Bertz CT molecular complexity index is 793. The zero-order valence-electron chi connectivity index (χ0n) is 11.6. The van der Waals surface area contributed by atoms with E-state index in [1.54, 1.807) is 24.5 Å². The molecular weight excluding hydrogens is 266 g/mol. The minimum atomic E-state index is 0.147. The maximum atomic E-state index is 9.95. The van der Waals surface area contributed by atoms with Gasteiger partial charge in [-0.3, -0.25) is 10.1 Å². The molecule has 1 heterocycles. The Kier molecular flexibility index (Phi) is 3.55. The predicted molar refractivity (Wildman–Crippen MR) is 82.6 cm³/mol. The summed E-state index contributed by atoms with van der Waals surface area (Å²) < 4.78 is 5.33. The Morgan fingerprint density at radius 3 is 3.00 bits per heavy atom. The lowest BCUT2D eigenvalue weighted by molar-refractivity contribution is 0.337. The summed E-state index contributed by atoms with van der Waals surface area (Å²) in [5.74, 6) is 0.793. The Balaban J connectivity index is 1.84. The number of hydrogen-bond acceptors (Lipinski definition) is 4. The molecule has 1 aromatic heterocycles. The number of aromatic amines is 1. The van der Waals surface area contributed by atoms with E-state index in [0.717, 1.165) is 16.6 Å². The van der Waals surface area contributed by atoms with Crippen molar-refractivity contribution in [3.05, 3.63) is 48.2 Å². The molecule has 0 radical (unpaired) electrons. The molecule has 0 saturated heterocycles. The van der Waals surface area contributed by atoms with Gasteiger partial charge in [0.15, 0.2) is 0 Å². The van der Waals surface area contributed by atoms with Gasteiger partial charge in [-0.1, -0.05) is 0 Å². The number of aromatic hydroxyl groups is 1. The van der Waals surface area contributed by atoms with Gasteiger partial charge in [-0.05, 0) is 37.3 Å². The second-order valence-corrected chi connectivity index (χ2v) is 4.55. The summed E-state index contributed by atoms with van der Waals surface area (Å²) in [5.41, 5.74) is 2.42. The topological polar surface area (TPSA) is 70.5 Å². The molecule has 0 saturated carbocycles. The number of ether oxygens (including phenoxy) is 1. The number of aliphatic imine (C=N–C) groups is 1.